The molecule has 0 aliphatic carbocycles. The summed E-state index contributed by atoms with van der Waals surface area (Å²) >= 11 is 0. The standard InChI is InChI=1S/C23H37N5O3.HI/c1-3-24-22(28-12-9-20(17-28)18-31-14-13-30-2)25-16-19-7-6-8-21(15-19)26-23(29)27-10-4-5-11-27;/h6-8,15,20H,3-5,9-14,16-18H2,1-2H3,(H,24,25)(H,26,29);1H. The number of carbonyl (C=O) groups excluding carboxylic acids is 1. The van der Waals surface area contributed by atoms with Gasteiger partial charge in [0.2, 0.25) is 0 Å². The number of likely N-dealkylation sites (tertiary alicyclic amines) is 2. The van der Waals surface area contributed by atoms with Crippen LogP contribution in [-0.2, 0) is 16.0 Å². The lowest BCUT2D eigenvalue weighted by molar-refractivity contribution is 0.0536. The lowest BCUT2D eigenvalue weighted by atomic mass is 10.1. The molecule has 2 saturated heterocycles. The fourth-order valence-corrected chi connectivity index (χ4v) is 4.02. The second kappa shape index (κ2) is 14.5. The van der Waals surface area contributed by atoms with Crippen LogP contribution in [0.4, 0.5) is 10.5 Å². The molecule has 0 bridgehead atoms. The van der Waals surface area contributed by atoms with Crippen LogP contribution in [0.2, 0.25) is 0 Å². The molecule has 0 radical (unpaired) electrons. The van der Waals surface area contributed by atoms with E-state index in [1.165, 1.54) is 0 Å². The van der Waals surface area contributed by atoms with E-state index in [4.69, 9.17) is 14.5 Å². The predicted molar refractivity (Wildman–Crippen MR) is 139 cm³/mol. The molecule has 2 amide bonds. The number of urea groups is 1. The number of benzene rings is 1. The Kier molecular flexibility index (Phi) is 12.1. The molecule has 1 aromatic carbocycles. The monoisotopic (exact) mass is 559 g/mol. The number of carbonyl (C=O) groups is 1. The highest BCUT2D eigenvalue weighted by molar-refractivity contribution is 14.0. The van der Waals surface area contributed by atoms with Crippen LogP contribution in [0.25, 0.3) is 0 Å². The molecule has 180 valence electrons. The highest BCUT2D eigenvalue weighted by Crippen LogP contribution is 2.18. The predicted octanol–water partition coefficient (Wildman–Crippen LogP) is 3.38. The van der Waals surface area contributed by atoms with Gasteiger partial charge in [-0.2, -0.15) is 0 Å². The summed E-state index contributed by atoms with van der Waals surface area (Å²) < 4.78 is 10.7. The molecule has 2 fully saturated rings. The first kappa shape index (κ1) is 26.7. The summed E-state index contributed by atoms with van der Waals surface area (Å²) in [4.78, 5) is 21.4. The van der Waals surface area contributed by atoms with Gasteiger partial charge in [0.05, 0.1) is 26.4 Å². The van der Waals surface area contributed by atoms with E-state index in [1.54, 1.807) is 7.11 Å². The van der Waals surface area contributed by atoms with Crippen molar-refractivity contribution in [2.24, 2.45) is 10.9 Å². The summed E-state index contributed by atoms with van der Waals surface area (Å²) in [5, 5.41) is 6.43. The Morgan fingerprint density at radius 1 is 1.19 bits per heavy atom. The quantitative estimate of drug-likeness (QED) is 0.210. The van der Waals surface area contributed by atoms with Crippen molar-refractivity contribution < 1.29 is 14.3 Å². The van der Waals surface area contributed by atoms with E-state index in [-0.39, 0.29) is 30.0 Å². The first-order valence-electron chi connectivity index (χ1n) is 11.4. The molecule has 1 aromatic rings. The number of hydrogen-bond donors (Lipinski definition) is 2. The van der Waals surface area contributed by atoms with Gasteiger partial charge in [-0.1, -0.05) is 12.1 Å². The van der Waals surface area contributed by atoms with Crippen LogP contribution in [0.5, 0.6) is 0 Å². The SMILES string of the molecule is CCNC(=NCc1cccc(NC(=O)N2CCCC2)c1)N1CCC(COCCOC)C1.I. The number of methoxy groups -OCH3 is 1. The number of nitrogens with one attached hydrogen (secondary N) is 2. The first-order valence-corrected chi connectivity index (χ1v) is 11.4. The largest absolute Gasteiger partial charge is 0.382 e. The fourth-order valence-electron chi connectivity index (χ4n) is 4.02. The van der Waals surface area contributed by atoms with Crippen LogP contribution in [0.1, 0.15) is 31.7 Å². The highest BCUT2D eigenvalue weighted by atomic mass is 127. The molecule has 2 aliphatic heterocycles. The van der Waals surface area contributed by atoms with Crippen molar-refractivity contribution in [3.05, 3.63) is 29.8 Å². The van der Waals surface area contributed by atoms with E-state index in [2.05, 4.69) is 28.5 Å². The zero-order chi connectivity index (χ0) is 21.9. The van der Waals surface area contributed by atoms with Crippen molar-refractivity contribution in [1.29, 1.82) is 0 Å². The molecule has 1 atom stereocenters. The third-order valence-corrected chi connectivity index (χ3v) is 5.69. The third-order valence-electron chi connectivity index (χ3n) is 5.69. The van der Waals surface area contributed by atoms with Gasteiger partial charge in [0.1, 0.15) is 0 Å². The van der Waals surface area contributed by atoms with Crippen molar-refractivity contribution in [2.45, 2.75) is 32.7 Å². The molecular formula is C23H38IN5O3. The second-order valence-electron chi connectivity index (χ2n) is 8.16. The van der Waals surface area contributed by atoms with Crippen molar-refractivity contribution in [2.75, 3.05) is 65.0 Å². The minimum absolute atomic E-state index is 0. The summed E-state index contributed by atoms with van der Waals surface area (Å²) in [6.07, 6.45) is 3.29. The van der Waals surface area contributed by atoms with E-state index in [1.807, 2.05) is 23.1 Å². The van der Waals surface area contributed by atoms with Crippen LogP contribution in [0.15, 0.2) is 29.3 Å². The minimum atomic E-state index is -0.0117. The normalized spacial score (nSPS) is 18.6. The lowest BCUT2D eigenvalue weighted by Crippen LogP contribution is -2.40. The summed E-state index contributed by atoms with van der Waals surface area (Å²) in [6.45, 7) is 9.15. The van der Waals surface area contributed by atoms with Crippen molar-refractivity contribution >= 4 is 41.7 Å². The van der Waals surface area contributed by atoms with Gasteiger partial charge in [0.15, 0.2) is 5.96 Å². The molecule has 9 heteroatoms. The van der Waals surface area contributed by atoms with Gasteiger partial charge in [0, 0.05) is 51.4 Å². The Hall–Kier alpha value is -1.59. The average molecular weight is 559 g/mol. The number of guanidine groups is 1. The summed E-state index contributed by atoms with van der Waals surface area (Å²) in [5.41, 5.74) is 1.90. The molecule has 3 rings (SSSR count). The number of amides is 2. The molecule has 0 saturated carbocycles. The summed E-state index contributed by atoms with van der Waals surface area (Å²) in [7, 11) is 1.69. The number of ether oxygens (including phenoxy) is 2. The molecule has 1 unspecified atom stereocenters. The fraction of sp³-hybridized carbons (Fsp3) is 0.652. The molecule has 8 nitrogen and oxygen atoms in total. The maximum absolute atomic E-state index is 12.3. The van der Waals surface area contributed by atoms with Gasteiger partial charge in [-0.25, -0.2) is 9.79 Å². The number of nitrogens with zero attached hydrogens (tertiary/aromatic N) is 3. The molecule has 32 heavy (non-hydrogen) atoms. The highest BCUT2D eigenvalue weighted by Gasteiger charge is 2.25. The zero-order valence-electron chi connectivity index (χ0n) is 19.3. The number of hydrogen-bond acceptors (Lipinski definition) is 4. The number of halogens is 1. The van der Waals surface area contributed by atoms with E-state index >= 15 is 0 Å². The average Bonchev–Trinajstić information content (AvgIpc) is 3.47. The van der Waals surface area contributed by atoms with E-state index < -0.39 is 0 Å². The Balaban J connectivity index is 0.00000363. The van der Waals surface area contributed by atoms with Crippen molar-refractivity contribution in [3.63, 3.8) is 0 Å². The number of rotatable bonds is 9. The Bertz CT molecular complexity index is 727. The number of aliphatic imine (C=N–C) groups is 1. The van der Waals surface area contributed by atoms with Gasteiger partial charge in [-0.05, 0) is 43.9 Å². The number of anilines is 1. The van der Waals surface area contributed by atoms with Crippen LogP contribution in [0, 0.1) is 5.92 Å². The van der Waals surface area contributed by atoms with E-state index in [0.29, 0.717) is 25.7 Å². The van der Waals surface area contributed by atoms with Crippen molar-refractivity contribution in [1.82, 2.24) is 15.1 Å². The van der Waals surface area contributed by atoms with Crippen LogP contribution in [0.3, 0.4) is 0 Å². The maximum atomic E-state index is 12.3. The van der Waals surface area contributed by atoms with Gasteiger partial charge in [-0.3, -0.25) is 0 Å². The Morgan fingerprint density at radius 3 is 2.75 bits per heavy atom. The van der Waals surface area contributed by atoms with Gasteiger partial charge in [-0.15, -0.1) is 24.0 Å². The van der Waals surface area contributed by atoms with Crippen LogP contribution in [-0.4, -0.2) is 81.4 Å². The third kappa shape index (κ3) is 8.40. The smallest absolute Gasteiger partial charge is 0.321 e. The van der Waals surface area contributed by atoms with E-state index in [9.17, 15) is 4.79 Å². The summed E-state index contributed by atoms with van der Waals surface area (Å²) in [6, 6.07) is 7.95. The zero-order valence-corrected chi connectivity index (χ0v) is 21.7. The van der Waals surface area contributed by atoms with E-state index in [0.717, 1.165) is 75.8 Å². The molecule has 2 heterocycles. The Morgan fingerprint density at radius 2 is 2.00 bits per heavy atom. The molecule has 0 spiro atoms. The molecule has 2 N–H and O–H groups in total. The topological polar surface area (TPSA) is 78.4 Å². The van der Waals surface area contributed by atoms with Crippen LogP contribution >= 0.6 is 24.0 Å². The molecule has 2 aliphatic rings. The Labute approximate surface area is 209 Å². The molecule has 0 aromatic heterocycles. The van der Waals surface area contributed by atoms with Gasteiger partial charge in [0.25, 0.3) is 0 Å². The minimum Gasteiger partial charge on any atom is -0.382 e. The summed E-state index contributed by atoms with van der Waals surface area (Å²) in [5.74, 6) is 1.46. The van der Waals surface area contributed by atoms with Gasteiger partial charge >= 0.3 is 6.03 Å². The molecular weight excluding hydrogens is 521 g/mol. The lowest BCUT2D eigenvalue weighted by Gasteiger charge is -2.22. The van der Waals surface area contributed by atoms with Crippen molar-refractivity contribution in [3.8, 4) is 0 Å². The van der Waals surface area contributed by atoms with Crippen LogP contribution < -0.4 is 10.6 Å². The second-order valence-corrected chi connectivity index (χ2v) is 8.16. The van der Waals surface area contributed by atoms with Gasteiger partial charge < -0.3 is 29.9 Å². The maximum Gasteiger partial charge on any atom is 0.321 e. The first-order chi connectivity index (χ1) is 15.2.